The first-order chi connectivity index (χ1) is 9.73. The summed E-state index contributed by atoms with van der Waals surface area (Å²) >= 11 is 0. The Labute approximate surface area is 121 Å². The van der Waals surface area contributed by atoms with Crippen molar-refractivity contribution in [1.29, 1.82) is 0 Å². The molecule has 0 spiro atoms. The summed E-state index contributed by atoms with van der Waals surface area (Å²) < 4.78 is 37.4. The molecule has 118 valence electrons. The number of benzene rings is 1. The highest BCUT2D eigenvalue weighted by molar-refractivity contribution is 5.82. The molecule has 1 atom stereocenters. The molecule has 0 fully saturated rings. The van der Waals surface area contributed by atoms with Crippen LogP contribution in [-0.2, 0) is 11.2 Å². The monoisotopic (exact) mass is 304 g/mol. The number of hydrogen-bond acceptors (Lipinski definition) is 3. The van der Waals surface area contributed by atoms with Gasteiger partial charge < -0.3 is 15.7 Å². The molecule has 1 aromatic carbocycles. The molecule has 1 amide bonds. The summed E-state index contributed by atoms with van der Waals surface area (Å²) in [6.07, 6.45) is -3.89. The molecule has 4 nitrogen and oxygen atoms in total. The molecule has 1 rings (SSSR count). The smallest absolute Gasteiger partial charge is 0.406 e. The average Bonchev–Trinajstić information content (AvgIpc) is 2.38. The van der Waals surface area contributed by atoms with E-state index in [4.69, 9.17) is 10.8 Å². The first kappa shape index (κ1) is 17.3. The van der Waals surface area contributed by atoms with Crippen LogP contribution in [0.3, 0.4) is 0 Å². The lowest BCUT2D eigenvalue weighted by Crippen LogP contribution is -2.48. The van der Waals surface area contributed by atoms with Gasteiger partial charge in [-0.2, -0.15) is 13.2 Å². The number of aromatic hydroxyl groups is 1. The summed E-state index contributed by atoms with van der Waals surface area (Å²) in [6.45, 7) is 0.423. The van der Waals surface area contributed by atoms with Gasteiger partial charge in [-0.25, -0.2) is 0 Å². The maximum absolute atomic E-state index is 12.5. The molecule has 0 aliphatic rings. The first-order valence-corrected chi connectivity index (χ1v) is 6.62. The Morgan fingerprint density at radius 2 is 1.90 bits per heavy atom. The van der Waals surface area contributed by atoms with E-state index in [9.17, 15) is 18.0 Å². The van der Waals surface area contributed by atoms with E-state index in [-0.39, 0.29) is 18.7 Å². The van der Waals surface area contributed by atoms with Gasteiger partial charge in [0.25, 0.3) is 0 Å². The van der Waals surface area contributed by atoms with Gasteiger partial charge in [-0.3, -0.25) is 4.79 Å². The van der Waals surface area contributed by atoms with Gasteiger partial charge in [0.05, 0.1) is 6.04 Å². The van der Waals surface area contributed by atoms with Crippen LogP contribution in [0.2, 0.25) is 0 Å². The summed E-state index contributed by atoms with van der Waals surface area (Å²) in [5, 5.41) is 9.15. The van der Waals surface area contributed by atoms with Crippen molar-refractivity contribution in [3.8, 4) is 5.75 Å². The third kappa shape index (κ3) is 6.03. The maximum Gasteiger partial charge on any atom is 0.406 e. The average molecular weight is 304 g/mol. The Morgan fingerprint density at radius 1 is 1.33 bits per heavy atom. The fourth-order valence-corrected chi connectivity index (χ4v) is 1.96. The molecule has 3 N–H and O–H groups in total. The summed E-state index contributed by atoms with van der Waals surface area (Å²) in [5.74, 6) is -0.648. The largest absolute Gasteiger partial charge is 0.508 e. The second-order valence-corrected chi connectivity index (χ2v) is 4.85. The molecule has 1 aromatic rings. The van der Waals surface area contributed by atoms with E-state index in [0.29, 0.717) is 12.0 Å². The fourth-order valence-electron chi connectivity index (χ4n) is 1.96. The zero-order valence-electron chi connectivity index (χ0n) is 11.7. The molecule has 21 heavy (non-hydrogen) atoms. The van der Waals surface area contributed by atoms with E-state index in [1.165, 1.54) is 12.1 Å². The van der Waals surface area contributed by atoms with Gasteiger partial charge in [0.15, 0.2) is 0 Å². The standard InChI is InChI=1S/C14H19F3N2O2/c1-2-7-19(9-14(15,16)17)13(21)12(18)8-10-3-5-11(20)6-4-10/h3-6,12,20H,2,7-9,18H2,1H3. The van der Waals surface area contributed by atoms with Crippen LogP contribution < -0.4 is 5.73 Å². The number of nitrogens with two attached hydrogens (primary N) is 1. The number of rotatable bonds is 6. The number of carbonyl (C=O) groups is 1. The van der Waals surface area contributed by atoms with Gasteiger partial charge in [0, 0.05) is 6.54 Å². The van der Waals surface area contributed by atoms with Crippen LogP contribution in [-0.4, -0.2) is 41.2 Å². The number of halogens is 3. The number of nitrogens with zero attached hydrogens (tertiary/aromatic N) is 1. The lowest BCUT2D eigenvalue weighted by molar-refractivity contribution is -0.162. The van der Waals surface area contributed by atoms with Gasteiger partial charge >= 0.3 is 6.18 Å². The predicted octanol–water partition coefficient (Wildman–Crippen LogP) is 2.06. The van der Waals surface area contributed by atoms with E-state index in [2.05, 4.69) is 0 Å². The summed E-state index contributed by atoms with van der Waals surface area (Å²) in [6, 6.07) is 4.99. The molecule has 0 heterocycles. The lowest BCUT2D eigenvalue weighted by atomic mass is 10.1. The van der Waals surface area contributed by atoms with E-state index in [1.54, 1.807) is 19.1 Å². The van der Waals surface area contributed by atoms with Crippen molar-refractivity contribution in [3.63, 3.8) is 0 Å². The van der Waals surface area contributed by atoms with Gasteiger partial charge in [-0.15, -0.1) is 0 Å². The van der Waals surface area contributed by atoms with Gasteiger partial charge in [-0.1, -0.05) is 19.1 Å². The molecule has 0 saturated heterocycles. The normalized spacial score (nSPS) is 13.0. The topological polar surface area (TPSA) is 66.6 Å². The van der Waals surface area contributed by atoms with Gasteiger partial charge in [0.2, 0.25) is 5.91 Å². The number of phenolic OH excluding ortho intramolecular Hbond substituents is 1. The zero-order valence-corrected chi connectivity index (χ0v) is 11.7. The summed E-state index contributed by atoms with van der Waals surface area (Å²) in [4.78, 5) is 12.8. The Morgan fingerprint density at radius 3 is 2.38 bits per heavy atom. The Hall–Kier alpha value is -1.76. The van der Waals surface area contributed by atoms with E-state index >= 15 is 0 Å². The predicted molar refractivity (Wildman–Crippen MR) is 72.7 cm³/mol. The summed E-state index contributed by atoms with van der Waals surface area (Å²) in [5.41, 5.74) is 6.39. The molecule has 0 bridgehead atoms. The third-order valence-corrected chi connectivity index (χ3v) is 2.88. The van der Waals surface area contributed by atoms with Gasteiger partial charge in [-0.05, 0) is 30.5 Å². The van der Waals surface area contributed by atoms with Crippen LogP contribution in [0.15, 0.2) is 24.3 Å². The van der Waals surface area contributed by atoms with Crippen LogP contribution in [0.25, 0.3) is 0 Å². The van der Waals surface area contributed by atoms with Crippen molar-refractivity contribution >= 4 is 5.91 Å². The minimum atomic E-state index is -4.44. The first-order valence-electron chi connectivity index (χ1n) is 6.62. The van der Waals surface area contributed by atoms with Crippen molar-refractivity contribution in [1.82, 2.24) is 4.90 Å². The number of hydrogen-bond donors (Lipinski definition) is 2. The molecular formula is C14H19F3N2O2. The number of amides is 1. The summed E-state index contributed by atoms with van der Waals surface area (Å²) in [7, 11) is 0. The van der Waals surface area contributed by atoms with Gasteiger partial charge in [0.1, 0.15) is 12.3 Å². The third-order valence-electron chi connectivity index (χ3n) is 2.88. The molecule has 0 radical (unpaired) electrons. The molecule has 7 heteroatoms. The molecule has 1 unspecified atom stereocenters. The Kier molecular flexibility index (Phi) is 6.02. The van der Waals surface area contributed by atoms with Crippen molar-refractivity contribution in [2.75, 3.05) is 13.1 Å². The SMILES string of the molecule is CCCN(CC(F)(F)F)C(=O)C(N)Cc1ccc(O)cc1. The molecule has 0 saturated carbocycles. The molecule has 0 aliphatic heterocycles. The minimum Gasteiger partial charge on any atom is -0.508 e. The maximum atomic E-state index is 12.5. The highest BCUT2D eigenvalue weighted by Gasteiger charge is 2.34. The highest BCUT2D eigenvalue weighted by Crippen LogP contribution is 2.18. The zero-order chi connectivity index (χ0) is 16.0. The van der Waals surface area contributed by atoms with E-state index in [1.807, 2.05) is 0 Å². The molecule has 0 aliphatic carbocycles. The quantitative estimate of drug-likeness (QED) is 0.845. The van der Waals surface area contributed by atoms with Crippen LogP contribution in [0.1, 0.15) is 18.9 Å². The Bertz CT molecular complexity index is 460. The highest BCUT2D eigenvalue weighted by atomic mass is 19.4. The minimum absolute atomic E-state index is 0.0155. The van der Waals surface area contributed by atoms with Crippen molar-refractivity contribution in [3.05, 3.63) is 29.8 Å². The van der Waals surface area contributed by atoms with E-state index in [0.717, 1.165) is 4.90 Å². The van der Waals surface area contributed by atoms with Crippen LogP contribution in [0.4, 0.5) is 13.2 Å². The van der Waals surface area contributed by atoms with Crippen molar-refractivity contribution < 1.29 is 23.1 Å². The number of alkyl halides is 3. The van der Waals surface area contributed by atoms with Crippen LogP contribution in [0, 0.1) is 0 Å². The second kappa shape index (κ2) is 7.31. The number of carbonyl (C=O) groups excluding carboxylic acids is 1. The molecule has 0 aromatic heterocycles. The molecular weight excluding hydrogens is 285 g/mol. The van der Waals surface area contributed by atoms with Crippen molar-refractivity contribution in [2.45, 2.75) is 32.0 Å². The second-order valence-electron chi connectivity index (χ2n) is 4.85. The van der Waals surface area contributed by atoms with Crippen LogP contribution in [0.5, 0.6) is 5.75 Å². The van der Waals surface area contributed by atoms with Crippen molar-refractivity contribution in [2.24, 2.45) is 5.73 Å². The van der Waals surface area contributed by atoms with Crippen LogP contribution >= 0.6 is 0 Å². The Balaban J connectivity index is 2.71. The number of phenols is 1. The lowest BCUT2D eigenvalue weighted by Gasteiger charge is -2.26. The van der Waals surface area contributed by atoms with E-state index < -0.39 is 24.7 Å². The fraction of sp³-hybridized carbons (Fsp3) is 0.500.